The molecule has 2 aliphatic carbocycles. The van der Waals surface area contributed by atoms with Gasteiger partial charge in [-0.1, -0.05) is 39.5 Å². The van der Waals surface area contributed by atoms with Gasteiger partial charge in [-0.2, -0.15) is 0 Å². The van der Waals surface area contributed by atoms with Crippen LogP contribution in [0.25, 0.3) is 0 Å². The number of hydrogen-bond acceptors (Lipinski definition) is 2. The lowest BCUT2D eigenvalue weighted by atomic mass is 9.57. The van der Waals surface area contributed by atoms with Crippen LogP contribution in [0.2, 0.25) is 0 Å². The predicted molar refractivity (Wildman–Crippen MR) is 102 cm³/mol. The molecule has 0 amide bonds. The Morgan fingerprint density at radius 2 is 1.74 bits per heavy atom. The van der Waals surface area contributed by atoms with E-state index in [1.165, 1.54) is 83.6 Å². The minimum Gasteiger partial charge on any atom is -0.317 e. The molecule has 2 nitrogen and oxygen atoms in total. The van der Waals surface area contributed by atoms with Gasteiger partial charge in [0.05, 0.1) is 0 Å². The summed E-state index contributed by atoms with van der Waals surface area (Å²) >= 11 is 0. The van der Waals surface area contributed by atoms with Gasteiger partial charge in [-0.05, 0) is 83.3 Å². The second-order valence-corrected chi connectivity index (χ2v) is 8.85. The second-order valence-electron chi connectivity index (χ2n) is 8.85. The van der Waals surface area contributed by atoms with Crippen LogP contribution in [0, 0.1) is 11.3 Å². The average Bonchev–Trinajstić information content (AvgIpc) is 2.52. The van der Waals surface area contributed by atoms with Crippen molar-refractivity contribution in [3.8, 4) is 0 Å². The van der Waals surface area contributed by atoms with Gasteiger partial charge in [0.25, 0.3) is 0 Å². The Morgan fingerprint density at radius 3 is 2.35 bits per heavy atom. The normalized spacial score (nSPS) is 32.2. The maximum Gasteiger partial charge on any atom is 0.00926 e. The first-order valence-electron chi connectivity index (χ1n) is 10.5. The van der Waals surface area contributed by atoms with Gasteiger partial charge in [-0.15, -0.1) is 0 Å². The average molecular weight is 323 g/mol. The lowest BCUT2D eigenvalue weighted by Crippen LogP contribution is -2.51. The third-order valence-corrected chi connectivity index (χ3v) is 6.91. The van der Waals surface area contributed by atoms with Gasteiger partial charge in [-0.3, -0.25) is 0 Å². The van der Waals surface area contributed by atoms with E-state index in [9.17, 15) is 0 Å². The number of nitrogens with zero attached hydrogens (tertiary/aromatic N) is 1. The summed E-state index contributed by atoms with van der Waals surface area (Å²) in [7, 11) is 4.50. The van der Waals surface area contributed by atoms with Gasteiger partial charge in [0, 0.05) is 12.1 Å². The van der Waals surface area contributed by atoms with Crippen molar-refractivity contribution in [3.63, 3.8) is 0 Å². The minimum atomic E-state index is 0.735. The van der Waals surface area contributed by atoms with Crippen LogP contribution in [0.4, 0.5) is 0 Å². The fourth-order valence-electron chi connectivity index (χ4n) is 5.01. The number of nitrogens with one attached hydrogen (secondary N) is 1. The molecule has 2 aliphatic rings. The van der Waals surface area contributed by atoms with E-state index in [-0.39, 0.29) is 0 Å². The molecule has 0 aromatic carbocycles. The van der Waals surface area contributed by atoms with Crippen molar-refractivity contribution in [1.29, 1.82) is 0 Å². The van der Waals surface area contributed by atoms with Gasteiger partial charge in [-0.25, -0.2) is 0 Å². The van der Waals surface area contributed by atoms with Crippen molar-refractivity contribution in [2.24, 2.45) is 11.3 Å². The molecule has 1 N–H and O–H groups in total. The standard InChI is InChI=1S/C21H42N2/c1-5-6-7-9-18(2)10-8-15-23(4)20-11-13-21(14-12-20)16-19(17-21)22-3/h18-20,22H,5-17H2,1-4H3. The Kier molecular flexibility index (Phi) is 7.88. The highest BCUT2D eigenvalue weighted by Gasteiger charge is 2.45. The highest BCUT2D eigenvalue weighted by Crippen LogP contribution is 2.52. The molecule has 2 fully saturated rings. The van der Waals surface area contributed by atoms with Crippen molar-refractivity contribution in [3.05, 3.63) is 0 Å². The molecule has 2 heteroatoms. The Morgan fingerprint density at radius 1 is 1.09 bits per heavy atom. The van der Waals surface area contributed by atoms with E-state index < -0.39 is 0 Å². The molecule has 0 radical (unpaired) electrons. The summed E-state index contributed by atoms with van der Waals surface area (Å²) in [6.07, 6.45) is 17.2. The van der Waals surface area contributed by atoms with E-state index in [0.717, 1.165) is 23.4 Å². The molecule has 1 spiro atoms. The van der Waals surface area contributed by atoms with Gasteiger partial charge in [0.2, 0.25) is 0 Å². The van der Waals surface area contributed by atoms with E-state index in [1.54, 1.807) is 0 Å². The molecule has 2 saturated carbocycles. The molecule has 0 heterocycles. The lowest BCUT2D eigenvalue weighted by molar-refractivity contribution is 0.0126. The van der Waals surface area contributed by atoms with E-state index in [4.69, 9.17) is 0 Å². The lowest BCUT2D eigenvalue weighted by Gasteiger charge is -2.52. The van der Waals surface area contributed by atoms with E-state index in [1.807, 2.05) is 0 Å². The fourth-order valence-corrected chi connectivity index (χ4v) is 5.01. The molecule has 0 aromatic rings. The van der Waals surface area contributed by atoms with Crippen LogP contribution in [-0.2, 0) is 0 Å². The topological polar surface area (TPSA) is 15.3 Å². The molecule has 1 atom stereocenters. The quantitative estimate of drug-likeness (QED) is 0.554. The van der Waals surface area contributed by atoms with Crippen molar-refractivity contribution < 1.29 is 0 Å². The van der Waals surface area contributed by atoms with Crippen LogP contribution in [0.1, 0.15) is 90.9 Å². The summed E-state index contributed by atoms with van der Waals surface area (Å²) in [5, 5.41) is 3.45. The third kappa shape index (κ3) is 5.74. The van der Waals surface area contributed by atoms with Crippen LogP contribution in [-0.4, -0.2) is 37.6 Å². The zero-order valence-corrected chi connectivity index (χ0v) is 16.4. The Bertz CT molecular complexity index is 312. The molecule has 0 aromatic heterocycles. The summed E-state index contributed by atoms with van der Waals surface area (Å²) in [6.45, 7) is 6.07. The van der Waals surface area contributed by atoms with E-state index in [0.29, 0.717) is 0 Å². The van der Waals surface area contributed by atoms with Crippen LogP contribution >= 0.6 is 0 Å². The van der Waals surface area contributed by atoms with E-state index in [2.05, 4.69) is 38.2 Å². The summed E-state index contributed by atoms with van der Waals surface area (Å²) in [5.74, 6) is 0.929. The second kappa shape index (κ2) is 9.42. The monoisotopic (exact) mass is 322 g/mol. The third-order valence-electron chi connectivity index (χ3n) is 6.91. The molecule has 1 unspecified atom stereocenters. The summed E-state index contributed by atoms with van der Waals surface area (Å²) < 4.78 is 0. The zero-order chi connectivity index (χ0) is 16.7. The number of hydrogen-bond donors (Lipinski definition) is 1. The molecule has 23 heavy (non-hydrogen) atoms. The first kappa shape index (κ1) is 19.2. The molecule has 136 valence electrons. The summed E-state index contributed by atoms with van der Waals surface area (Å²) in [5.41, 5.74) is 0.735. The fraction of sp³-hybridized carbons (Fsp3) is 1.00. The molecular formula is C21H42N2. The van der Waals surface area contributed by atoms with Crippen LogP contribution < -0.4 is 5.32 Å². The first-order valence-corrected chi connectivity index (χ1v) is 10.5. The molecule has 0 saturated heterocycles. The number of rotatable bonds is 10. The molecule has 0 aliphatic heterocycles. The van der Waals surface area contributed by atoms with Crippen LogP contribution in [0.5, 0.6) is 0 Å². The largest absolute Gasteiger partial charge is 0.317 e. The maximum absolute atomic E-state index is 3.45. The zero-order valence-electron chi connectivity index (χ0n) is 16.4. The number of unbranched alkanes of at least 4 members (excludes halogenated alkanes) is 2. The summed E-state index contributed by atoms with van der Waals surface area (Å²) in [4.78, 5) is 2.68. The molecular weight excluding hydrogens is 280 g/mol. The smallest absolute Gasteiger partial charge is 0.00926 e. The predicted octanol–water partition coefficient (Wildman–Crippen LogP) is 5.23. The van der Waals surface area contributed by atoms with Crippen molar-refractivity contribution in [2.45, 2.75) is 103 Å². The van der Waals surface area contributed by atoms with Crippen molar-refractivity contribution >= 4 is 0 Å². The Hall–Kier alpha value is -0.0800. The maximum atomic E-state index is 3.45. The van der Waals surface area contributed by atoms with E-state index >= 15 is 0 Å². The van der Waals surface area contributed by atoms with Gasteiger partial charge >= 0.3 is 0 Å². The SMILES string of the molecule is CCCCCC(C)CCCN(C)C1CCC2(CC1)CC(NC)C2. The molecule has 2 rings (SSSR count). The first-order chi connectivity index (χ1) is 11.1. The van der Waals surface area contributed by atoms with Gasteiger partial charge in [0.15, 0.2) is 0 Å². The van der Waals surface area contributed by atoms with Gasteiger partial charge < -0.3 is 10.2 Å². The van der Waals surface area contributed by atoms with Crippen LogP contribution in [0.15, 0.2) is 0 Å². The highest BCUT2D eigenvalue weighted by molar-refractivity contribution is 5.00. The Balaban J connectivity index is 1.56. The van der Waals surface area contributed by atoms with Crippen LogP contribution in [0.3, 0.4) is 0 Å². The minimum absolute atomic E-state index is 0.735. The Labute approximate surface area is 145 Å². The molecule has 0 bridgehead atoms. The van der Waals surface area contributed by atoms with Gasteiger partial charge in [0.1, 0.15) is 0 Å². The summed E-state index contributed by atoms with van der Waals surface area (Å²) in [6, 6.07) is 1.68. The van der Waals surface area contributed by atoms with Crippen molar-refractivity contribution in [2.75, 3.05) is 20.6 Å². The van der Waals surface area contributed by atoms with Crippen molar-refractivity contribution in [1.82, 2.24) is 10.2 Å². The highest BCUT2D eigenvalue weighted by atomic mass is 15.1.